The summed E-state index contributed by atoms with van der Waals surface area (Å²) in [5.74, 6) is -0.623. The number of sulfonamides is 1. The van der Waals surface area contributed by atoms with Gasteiger partial charge >= 0.3 is 0 Å². The maximum atomic E-state index is 12.4. The number of nitrogens with zero attached hydrogens (tertiary/aromatic N) is 2. The van der Waals surface area contributed by atoms with Gasteiger partial charge in [0.2, 0.25) is 10.8 Å². The molecule has 1 N–H and O–H groups in total. The van der Waals surface area contributed by atoms with E-state index in [2.05, 4.69) is 10.5 Å². The van der Waals surface area contributed by atoms with Crippen LogP contribution in [-0.4, -0.2) is 26.3 Å². The van der Waals surface area contributed by atoms with Crippen molar-refractivity contribution in [1.29, 1.82) is 0 Å². The Balaban J connectivity index is 2.05. The van der Waals surface area contributed by atoms with Gasteiger partial charge in [-0.3, -0.25) is 14.5 Å². The van der Waals surface area contributed by atoms with Crippen LogP contribution >= 0.6 is 22.9 Å². The van der Waals surface area contributed by atoms with Crippen molar-refractivity contribution in [2.45, 2.75) is 0 Å². The number of carbonyl (C=O) groups excluding carboxylic acids is 1. The molecular formula is C13H10ClN3O3S2. The number of hydrazone groups is 1. The summed E-state index contributed by atoms with van der Waals surface area (Å²) < 4.78 is 25.8. The SMILES string of the molecule is CN1c2ccsc2C(=O)/C(=N/Nc2ccccc2Cl)S1(=O)=O. The number of rotatable bonds is 2. The number of para-hydroxylation sites is 1. The zero-order valence-corrected chi connectivity index (χ0v) is 13.7. The highest BCUT2D eigenvalue weighted by atomic mass is 35.5. The van der Waals surface area contributed by atoms with Crippen molar-refractivity contribution >= 4 is 55.2 Å². The summed E-state index contributed by atoms with van der Waals surface area (Å²) in [6.45, 7) is 0. The van der Waals surface area contributed by atoms with Gasteiger partial charge in [0, 0.05) is 7.05 Å². The third-order valence-corrected chi connectivity index (χ3v) is 6.06. The zero-order chi connectivity index (χ0) is 15.9. The summed E-state index contributed by atoms with van der Waals surface area (Å²) in [7, 11) is -2.60. The van der Waals surface area contributed by atoms with Crippen molar-refractivity contribution in [2.24, 2.45) is 5.10 Å². The van der Waals surface area contributed by atoms with Crippen LogP contribution in [0, 0.1) is 0 Å². The van der Waals surface area contributed by atoms with Crippen molar-refractivity contribution in [3.63, 3.8) is 0 Å². The van der Waals surface area contributed by atoms with E-state index in [9.17, 15) is 13.2 Å². The average molecular weight is 356 g/mol. The molecule has 1 aliphatic rings. The number of benzene rings is 1. The van der Waals surface area contributed by atoms with Crippen LogP contribution in [0.25, 0.3) is 0 Å². The van der Waals surface area contributed by atoms with E-state index >= 15 is 0 Å². The van der Waals surface area contributed by atoms with Crippen molar-refractivity contribution < 1.29 is 13.2 Å². The maximum Gasteiger partial charge on any atom is 0.287 e. The fraction of sp³-hybridized carbons (Fsp3) is 0.0769. The van der Waals surface area contributed by atoms with E-state index < -0.39 is 20.9 Å². The van der Waals surface area contributed by atoms with E-state index in [1.807, 2.05) is 0 Å². The highest BCUT2D eigenvalue weighted by Gasteiger charge is 2.41. The molecule has 6 nitrogen and oxygen atoms in total. The van der Waals surface area contributed by atoms with Gasteiger partial charge < -0.3 is 0 Å². The van der Waals surface area contributed by atoms with Gasteiger partial charge in [0.25, 0.3) is 10.0 Å². The third-order valence-electron chi connectivity index (χ3n) is 3.14. The second-order valence-corrected chi connectivity index (χ2v) is 7.65. The molecule has 2 aromatic rings. The van der Waals surface area contributed by atoms with Crippen molar-refractivity contribution in [3.8, 4) is 0 Å². The summed E-state index contributed by atoms with van der Waals surface area (Å²) in [6.07, 6.45) is 0. The number of hydrogen-bond acceptors (Lipinski definition) is 6. The van der Waals surface area contributed by atoms with Crippen LogP contribution in [0.3, 0.4) is 0 Å². The second-order valence-electron chi connectivity index (χ2n) is 4.45. The summed E-state index contributed by atoms with van der Waals surface area (Å²) in [5.41, 5.74) is 3.33. The summed E-state index contributed by atoms with van der Waals surface area (Å²) in [5, 5.41) is 5.27. The lowest BCUT2D eigenvalue weighted by Crippen LogP contribution is -2.42. The lowest BCUT2D eigenvalue weighted by atomic mass is 10.3. The summed E-state index contributed by atoms with van der Waals surface area (Å²) in [6, 6.07) is 8.30. The molecule has 0 amide bonds. The quantitative estimate of drug-likeness (QED) is 0.840. The number of hydrogen-bond donors (Lipinski definition) is 1. The molecule has 9 heteroatoms. The van der Waals surface area contributed by atoms with Gasteiger partial charge in [0.05, 0.1) is 16.4 Å². The maximum absolute atomic E-state index is 12.4. The fourth-order valence-electron chi connectivity index (χ4n) is 1.97. The molecule has 2 heterocycles. The van der Waals surface area contributed by atoms with Crippen molar-refractivity contribution in [2.75, 3.05) is 16.8 Å². The van der Waals surface area contributed by atoms with Gasteiger partial charge in [-0.05, 0) is 23.6 Å². The molecule has 0 spiro atoms. The van der Waals surface area contributed by atoms with E-state index in [0.717, 1.165) is 4.31 Å². The second kappa shape index (κ2) is 5.38. The molecular weight excluding hydrogens is 346 g/mol. The highest BCUT2D eigenvalue weighted by Crippen LogP contribution is 2.33. The monoisotopic (exact) mass is 355 g/mol. The van der Waals surface area contributed by atoms with Crippen LogP contribution in [0.4, 0.5) is 11.4 Å². The zero-order valence-electron chi connectivity index (χ0n) is 11.3. The van der Waals surface area contributed by atoms with Crippen molar-refractivity contribution in [3.05, 3.63) is 45.6 Å². The summed E-state index contributed by atoms with van der Waals surface area (Å²) in [4.78, 5) is 12.7. The molecule has 0 saturated heterocycles. The van der Waals surface area contributed by atoms with Gasteiger partial charge in [0.1, 0.15) is 4.88 Å². The molecule has 0 saturated carbocycles. The Kier molecular flexibility index (Phi) is 3.67. The number of carbonyl (C=O) groups is 1. The number of thiophene rings is 1. The Bertz CT molecular complexity index is 889. The number of nitrogens with one attached hydrogen (secondary N) is 1. The van der Waals surface area contributed by atoms with Gasteiger partial charge in [-0.2, -0.15) is 13.5 Å². The number of anilines is 2. The average Bonchev–Trinajstić information content (AvgIpc) is 2.96. The number of fused-ring (bicyclic) bond motifs is 1. The molecule has 1 aromatic carbocycles. The Morgan fingerprint density at radius 3 is 2.73 bits per heavy atom. The van der Waals surface area contributed by atoms with Gasteiger partial charge in [-0.1, -0.05) is 23.7 Å². The Labute approximate surface area is 136 Å². The minimum absolute atomic E-state index is 0.344. The van der Waals surface area contributed by atoms with Gasteiger partial charge in [-0.25, -0.2) is 0 Å². The largest absolute Gasteiger partial charge is 0.287 e. The predicted octanol–water partition coefficient (Wildman–Crippen LogP) is 2.79. The molecule has 0 atom stereocenters. The number of ketones is 1. The predicted molar refractivity (Wildman–Crippen MR) is 88.5 cm³/mol. The number of halogens is 1. The van der Waals surface area contributed by atoms with E-state index in [4.69, 9.17) is 11.6 Å². The molecule has 0 aliphatic carbocycles. The molecule has 1 aliphatic heterocycles. The van der Waals surface area contributed by atoms with E-state index in [-0.39, 0.29) is 0 Å². The normalized spacial score (nSPS) is 18.4. The molecule has 1 aromatic heterocycles. The first-order valence-corrected chi connectivity index (χ1v) is 8.82. The smallest absolute Gasteiger partial charge is 0.285 e. The first kappa shape index (κ1) is 15.0. The van der Waals surface area contributed by atoms with Crippen molar-refractivity contribution in [1.82, 2.24) is 0 Å². The fourth-order valence-corrected chi connectivity index (χ4v) is 4.30. The minimum Gasteiger partial charge on any atom is -0.285 e. The third kappa shape index (κ3) is 2.29. The van der Waals surface area contributed by atoms with E-state index in [0.29, 0.717) is 21.3 Å². The standard InChI is InChI=1S/C13H10ClN3O3S2/c1-17-10-6-7-21-12(10)11(18)13(22(17,19)20)16-15-9-5-3-2-4-8(9)14/h2-7,15H,1H3/b16-13-. The highest BCUT2D eigenvalue weighted by molar-refractivity contribution is 8.09. The van der Waals surface area contributed by atoms with Gasteiger partial charge in [-0.15, -0.1) is 11.3 Å². The molecule has 0 unspecified atom stereocenters. The van der Waals surface area contributed by atoms with E-state index in [1.54, 1.807) is 35.7 Å². The molecule has 3 rings (SSSR count). The van der Waals surface area contributed by atoms with Crippen LogP contribution in [0.15, 0.2) is 40.8 Å². The first-order chi connectivity index (χ1) is 10.4. The summed E-state index contributed by atoms with van der Waals surface area (Å²) >= 11 is 7.14. The lowest BCUT2D eigenvalue weighted by Gasteiger charge is -2.24. The molecule has 0 bridgehead atoms. The van der Waals surface area contributed by atoms with Crippen LogP contribution in [0.1, 0.15) is 9.67 Å². The van der Waals surface area contributed by atoms with Crippen LogP contribution in [-0.2, 0) is 10.0 Å². The molecule has 22 heavy (non-hydrogen) atoms. The number of Topliss-reactive ketones (excluding diaryl/α,β-unsaturated/α-hetero) is 1. The molecule has 0 fully saturated rings. The molecule has 0 radical (unpaired) electrons. The topological polar surface area (TPSA) is 78.8 Å². The van der Waals surface area contributed by atoms with E-state index in [1.165, 1.54) is 18.4 Å². The first-order valence-electron chi connectivity index (χ1n) is 6.12. The van der Waals surface area contributed by atoms with Crippen LogP contribution in [0.2, 0.25) is 5.02 Å². The van der Waals surface area contributed by atoms with Gasteiger partial charge in [0.15, 0.2) is 0 Å². The Hall–Kier alpha value is -1.90. The lowest BCUT2D eigenvalue weighted by molar-refractivity contribution is 0.107. The molecule has 114 valence electrons. The Morgan fingerprint density at radius 2 is 2.00 bits per heavy atom. The van der Waals surface area contributed by atoms with Crippen LogP contribution in [0.5, 0.6) is 0 Å². The van der Waals surface area contributed by atoms with Crippen LogP contribution < -0.4 is 9.73 Å². The Morgan fingerprint density at radius 1 is 1.27 bits per heavy atom. The minimum atomic E-state index is -3.98.